The van der Waals surface area contributed by atoms with E-state index in [1.165, 1.54) is 0 Å². The zero-order valence-corrected chi connectivity index (χ0v) is 16.2. The standard InChI is InChI=1S/C18H26F6N2O3/c1-9(15(2)25-8-26-15)14(27)29-7-13-5-10-3-11(13)4-12(10)6-16(28,17(19,20)21)18(22,23)24/h9-13,25-26,28H,3-8H2,1-2H3. The molecule has 3 N–H and O–H groups in total. The number of carbonyl (C=O) groups excluding carboxylic acids is 1. The summed E-state index contributed by atoms with van der Waals surface area (Å²) >= 11 is 0. The summed E-state index contributed by atoms with van der Waals surface area (Å²) in [6.45, 7) is 4.24. The first kappa shape index (κ1) is 22.6. The number of halogens is 6. The molecule has 2 saturated carbocycles. The van der Waals surface area contributed by atoms with E-state index in [0.717, 1.165) is 0 Å². The van der Waals surface area contributed by atoms with E-state index in [9.17, 15) is 36.2 Å². The van der Waals surface area contributed by atoms with E-state index in [0.29, 0.717) is 19.5 Å². The van der Waals surface area contributed by atoms with Crippen LogP contribution in [-0.2, 0) is 9.53 Å². The minimum atomic E-state index is -5.78. The smallest absolute Gasteiger partial charge is 0.426 e. The van der Waals surface area contributed by atoms with E-state index >= 15 is 0 Å². The average Bonchev–Trinajstić information content (AvgIpc) is 3.14. The first-order valence-electron chi connectivity index (χ1n) is 9.70. The second kappa shape index (κ2) is 7.26. The summed E-state index contributed by atoms with van der Waals surface area (Å²) in [6, 6.07) is 0. The molecule has 29 heavy (non-hydrogen) atoms. The Hall–Kier alpha value is -1.07. The Labute approximate surface area is 164 Å². The fourth-order valence-corrected chi connectivity index (χ4v) is 4.96. The molecule has 3 fully saturated rings. The zero-order chi connectivity index (χ0) is 21.8. The SMILES string of the molecule is CC(C(=O)OCC1CC2CC1CC2CC(O)(C(F)(F)F)C(F)(F)F)C1(C)NCN1. The van der Waals surface area contributed by atoms with Crippen LogP contribution in [0.1, 0.15) is 39.5 Å². The summed E-state index contributed by atoms with van der Waals surface area (Å²) in [5.74, 6) is -2.24. The highest BCUT2D eigenvalue weighted by atomic mass is 19.4. The van der Waals surface area contributed by atoms with Gasteiger partial charge in [-0.2, -0.15) is 26.3 Å². The van der Waals surface area contributed by atoms with Crippen LogP contribution in [0.2, 0.25) is 0 Å². The highest BCUT2D eigenvalue weighted by Crippen LogP contribution is 2.57. The highest BCUT2D eigenvalue weighted by Gasteiger charge is 2.71. The van der Waals surface area contributed by atoms with Crippen molar-refractivity contribution in [1.82, 2.24) is 10.6 Å². The second-order valence-corrected chi connectivity index (χ2v) is 8.89. The quantitative estimate of drug-likeness (QED) is 0.445. The van der Waals surface area contributed by atoms with Gasteiger partial charge < -0.3 is 9.84 Å². The third-order valence-electron chi connectivity index (χ3n) is 7.22. The first-order chi connectivity index (χ1) is 13.2. The highest BCUT2D eigenvalue weighted by molar-refractivity contribution is 5.73. The second-order valence-electron chi connectivity index (χ2n) is 8.89. The lowest BCUT2D eigenvalue weighted by atomic mass is 9.76. The Morgan fingerprint density at radius 2 is 1.59 bits per heavy atom. The Bertz CT molecular complexity index is 620. The third-order valence-corrected chi connectivity index (χ3v) is 7.22. The predicted octanol–water partition coefficient (Wildman–Crippen LogP) is 2.94. The van der Waals surface area contributed by atoms with Gasteiger partial charge in [-0.05, 0) is 63.2 Å². The van der Waals surface area contributed by atoms with Crippen molar-refractivity contribution in [1.29, 1.82) is 0 Å². The monoisotopic (exact) mass is 432 g/mol. The van der Waals surface area contributed by atoms with Crippen LogP contribution in [0.5, 0.6) is 0 Å². The summed E-state index contributed by atoms with van der Waals surface area (Å²) in [4.78, 5) is 12.2. The van der Waals surface area contributed by atoms with Gasteiger partial charge >= 0.3 is 18.3 Å². The van der Waals surface area contributed by atoms with Crippen LogP contribution in [0.3, 0.4) is 0 Å². The zero-order valence-electron chi connectivity index (χ0n) is 16.2. The molecule has 5 nitrogen and oxygen atoms in total. The number of ether oxygens (including phenoxy) is 1. The molecule has 1 heterocycles. The summed E-state index contributed by atoms with van der Waals surface area (Å²) in [5, 5.41) is 15.6. The topological polar surface area (TPSA) is 70.6 Å². The van der Waals surface area contributed by atoms with Gasteiger partial charge in [0, 0.05) is 6.67 Å². The molecule has 0 aromatic heterocycles. The summed E-state index contributed by atoms with van der Waals surface area (Å²) < 4.78 is 83.1. The van der Waals surface area contributed by atoms with Crippen molar-refractivity contribution in [2.45, 2.75) is 63.1 Å². The van der Waals surface area contributed by atoms with Crippen molar-refractivity contribution in [3.63, 3.8) is 0 Å². The van der Waals surface area contributed by atoms with Crippen molar-refractivity contribution in [3.8, 4) is 0 Å². The number of fused-ring (bicyclic) bond motifs is 2. The van der Waals surface area contributed by atoms with Gasteiger partial charge in [0.1, 0.15) is 0 Å². The average molecular weight is 432 g/mol. The third kappa shape index (κ3) is 3.97. The molecule has 0 aromatic carbocycles. The summed E-state index contributed by atoms with van der Waals surface area (Å²) in [5.41, 5.74) is -5.23. The van der Waals surface area contributed by atoms with E-state index in [2.05, 4.69) is 10.6 Å². The van der Waals surface area contributed by atoms with Gasteiger partial charge in [0.25, 0.3) is 5.60 Å². The number of nitrogens with one attached hydrogen (secondary N) is 2. The molecule has 1 saturated heterocycles. The van der Waals surface area contributed by atoms with Crippen molar-refractivity contribution >= 4 is 5.97 Å². The molecule has 1 aliphatic heterocycles. The fraction of sp³-hybridized carbons (Fsp3) is 0.944. The molecule has 0 spiro atoms. The number of rotatable bonds is 6. The van der Waals surface area contributed by atoms with E-state index in [-0.39, 0.29) is 30.8 Å². The van der Waals surface area contributed by atoms with Crippen LogP contribution in [0.25, 0.3) is 0 Å². The Balaban J connectivity index is 1.54. The molecule has 0 radical (unpaired) electrons. The Morgan fingerprint density at radius 3 is 2.00 bits per heavy atom. The Morgan fingerprint density at radius 1 is 1.07 bits per heavy atom. The summed E-state index contributed by atoms with van der Waals surface area (Å²) in [7, 11) is 0. The number of aliphatic hydroxyl groups is 1. The van der Waals surface area contributed by atoms with Crippen LogP contribution >= 0.6 is 0 Å². The number of alkyl halides is 6. The molecule has 5 atom stereocenters. The molecule has 11 heteroatoms. The molecule has 168 valence electrons. The lowest BCUT2D eigenvalue weighted by Crippen LogP contribution is -2.73. The maximum Gasteiger partial charge on any atom is 0.426 e. The van der Waals surface area contributed by atoms with Crippen LogP contribution in [0.15, 0.2) is 0 Å². The predicted molar refractivity (Wildman–Crippen MR) is 89.2 cm³/mol. The molecule has 3 aliphatic rings. The van der Waals surface area contributed by atoms with E-state index in [1.54, 1.807) is 6.92 Å². The molecular formula is C18H26F6N2O3. The lowest BCUT2D eigenvalue weighted by molar-refractivity contribution is -0.373. The lowest BCUT2D eigenvalue weighted by Gasteiger charge is -2.44. The number of esters is 1. The molecule has 2 bridgehead atoms. The van der Waals surface area contributed by atoms with Crippen molar-refractivity contribution in [2.75, 3.05) is 13.3 Å². The van der Waals surface area contributed by atoms with E-state index in [1.807, 2.05) is 6.92 Å². The van der Waals surface area contributed by atoms with Crippen LogP contribution in [0.4, 0.5) is 26.3 Å². The normalized spacial score (nSPS) is 32.7. The number of hydrogen-bond donors (Lipinski definition) is 3. The van der Waals surface area contributed by atoms with Gasteiger partial charge in [0.2, 0.25) is 0 Å². The molecule has 0 amide bonds. The molecule has 5 unspecified atom stereocenters. The first-order valence-corrected chi connectivity index (χ1v) is 9.70. The van der Waals surface area contributed by atoms with Gasteiger partial charge in [0.15, 0.2) is 0 Å². The van der Waals surface area contributed by atoms with E-state index < -0.39 is 47.8 Å². The van der Waals surface area contributed by atoms with Gasteiger partial charge in [-0.15, -0.1) is 0 Å². The molecule has 0 aromatic rings. The molecule has 3 rings (SSSR count). The van der Waals surface area contributed by atoms with E-state index in [4.69, 9.17) is 4.74 Å². The number of carbonyl (C=O) groups is 1. The van der Waals surface area contributed by atoms with Crippen molar-refractivity contribution in [2.24, 2.45) is 29.6 Å². The Kier molecular flexibility index (Phi) is 5.66. The number of hydrogen-bond acceptors (Lipinski definition) is 5. The van der Waals surface area contributed by atoms with Crippen LogP contribution < -0.4 is 10.6 Å². The van der Waals surface area contributed by atoms with Gasteiger partial charge in [-0.3, -0.25) is 15.4 Å². The largest absolute Gasteiger partial charge is 0.465 e. The minimum Gasteiger partial charge on any atom is -0.465 e. The van der Waals surface area contributed by atoms with Crippen molar-refractivity contribution in [3.05, 3.63) is 0 Å². The molecular weight excluding hydrogens is 406 g/mol. The molecule has 2 aliphatic carbocycles. The summed E-state index contributed by atoms with van der Waals surface area (Å²) in [6.07, 6.45) is -11.9. The minimum absolute atomic E-state index is 0.0765. The van der Waals surface area contributed by atoms with Crippen LogP contribution in [-0.4, -0.2) is 48.0 Å². The van der Waals surface area contributed by atoms with Gasteiger partial charge in [-0.1, -0.05) is 0 Å². The van der Waals surface area contributed by atoms with Gasteiger partial charge in [0.05, 0.1) is 18.2 Å². The fourth-order valence-electron chi connectivity index (χ4n) is 4.96. The van der Waals surface area contributed by atoms with Crippen LogP contribution in [0, 0.1) is 29.6 Å². The maximum absolute atomic E-state index is 13.0. The maximum atomic E-state index is 13.0. The van der Waals surface area contributed by atoms with Gasteiger partial charge in [-0.25, -0.2) is 0 Å². The van der Waals surface area contributed by atoms with Crippen molar-refractivity contribution < 1.29 is 41.0 Å².